The van der Waals surface area contributed by atoms with Crippen molar-refractivity contribution in [1.29, 1.82) is 5.26 Å². The average molecular weight is 351 g/mol. The smallest absolute Gasteiger partial charge is 0.279 e. The number of ether oxygens (including phenoxy) is 1. The highest BCUT2D eigenvalue weighted by Gasteiger charge is 2.22. The van der Waals surface area contributed by atoms with Gasteiger partial charge in [0, 0.05) is 11.8 Å². The number of carbonyl (C=O) groups is 1. The minimum Gasteiger partial charge on any atom is -0.497 e. The molecular weight excluding hydrogens is 328 g/mol. The van der Waals surface area contributed by atoms with Crippen LogP contribution in [-0.4, -0.2) is 45.7 Å². The zero-order valence-electron chi connectivity index (χ0n) is 14.9. The first-order valence-electron chi connectivity index (χ1n) is 8.71. The van der Waals surface area contributed by atoms with Gasteiger partial charge in [0.1, 0.15) is 11.8 Å². The summed E-state index contributed by atoms with van der Waals surface area (Å²) in [6, 6.07) is 17.2. The Kier molecular flexibility index (Phi) is 5.72. The average Bonchev–Trinajstić information content (AvgIpc) is 2.69. The maximum atomic E-state index is 12.3. The van der Waals surface area contributed by atoms with Gasteiger partial charge in [0.15, 0.2) is 6.54 Å². The molecule has 6 nitrogen and oxygen atoms in total. The van der Waals surface area contributed by atoms with E-state index in [0.29, 0.717) is 17.8 Å². The second-order valence-corrected chi connectivity index (χ2v) is 6.32. The van der Waals surface area contributed by atoms with E-state index in [9.17, 15) is 4.79 Å². The minimum absolute atomic E-state index is 0.0578. The number of nitriles is 1. The van der Waals surface area contributed by atoms with Crippen LogP contribution in [0, 0.1) is 11.3 Å². The van der Waals surface area contributed by atoms with Crippen molar-refractivity contribution in [2.24, 2.45) is 0 Å². The number of nitrogens with zero attached hydrogens (tertiary/aromatic N) is 2. The molecule has 1 amide bonds. The van der Waals surface area contributed by atoms with Crippen LogP contribution < -0.4 is 19.9 Å². The van der Waals surface area contributed by atoms with E-state index in [1.54, 1.807) is 25.3 Å². The van der Waals surface area contributed by atoms with Gasteiger partial charge in [-0.3, -0.25) is 4.79 Å². The molecule has 0 aromatic heterocycles. The Morgan fingerprint density at radius 2 is 2.00 bits per heavy atom. The topological polar surface area (TPSA) is 69.8 Å². The van der Waals surface area contributed by atoms with Crippen LogP contribution in [0.5, 0.6) is 5.75 Å². The highest BCUT2D eigenvalue weighted by molar-refractivity contribution is 5.92. The summed E-state index contributed by atoms with van der Waals surface area (Å²) in [5.41, 5.74) is 2.21. The van der Waals surface area contributed by atoms with E-state index < -0.39 is 0 Å². The van der Waals surface area contributed by atoms with Gasteiger partial charge in [0.25, 0.3) is 5.91 Å². The van der Waals surface area contributed by atoms with E-state index in [4.69, 9.17) is 10.00 Å². The number of quaternary nitrogens is 1. The number of rotatable bonds is 5. The maximum absolute atomic E-state index is 12.3. The van der Waals surface area contributed by atoms with Gasteiger partial charge >= 0.3 is 0 Å². The summed E-state index contributed by atoms with van der Waals surface area (Å²) >= 11 is 0. The molecule has 0 saturated carbocycles. The largest absolute Gasteiger partial charge is 0.497 e. The van der Waals surface area contributed by atoms with E-state index in [1.165, 1.54) is 4.90 Å². The van der Waals surface area contributed by atoms with Crippen molar-refractivity contribution in [3.63, 3.8) is 0 Å². The fourth-order valence-corrected chi connectivity index (χ4v) is 3.18. The lowest BCUT2D eigenvalue weighted by molar-refractivity contribution is -0.892. The first-order valence-corrected chi connectivity index (χ1v) is 8.71. The number of hydrogen-bond donors (Lipinski definition) is 2. The predicted octanol–water partition coefficient (Wildman–Crippen LogP) is 0.910. The summed E-state index contributed by atoms with van der Waals surface area (Å²) in [5.74, 6) is 0.797. The standard InChI is InChI=1S/C20H22N4O2/c1-26-18-7-4-6-17(13-18)24-11-9-23(10-12-24)15-20(25)22-19-8-3-2-5-16(19)14-21/h2-8,13H,9-12,15H2,1H3,(H,22,25)/p+1. The Labute approximate surface area is 153 Å². The number of carbonyl (C=O) groups excluding carboxylic acids is 1. The molecule has 0 spiro atoms. The van der Waals surface area contributed by atoms with Gasteiger partial charge in [-0.25, -0.2) is 0 Å². The third kappa shape index (κ3) is 4.32. The van der Waals surface area contributed by atoms with Crippen molar-refractivity contribution in [2.75, 3.05) is 50.1 Å². The van der Waals surface area contributed by atoms with Crippen molar-refractivity contribution in [1.82, 2.24) is 0 Å². The van der Waals surface area contributed by atoms with E-state index in [0.717, 1.165) is 37.6 Å². The first-order chi connectivity index (χ1) is 12.7. The molecule has 0 bridgehead atoms. The molecule has 0 aliphatic carbocycles. The maximum Gasteiger partial charge on any atom is 0.279 e. The molecule has 2 N–H and O–H groups in total. The van der Waals surface area contributed by atoms with Crippen LogP contribution in [0.25, 0.3) is 0 Å². The van der Waals surface area contributed by atoms with Crippen molar-refractivity contribution < 1.29 is 14.4 Å². The Morgan fingerprint density at radius 3 is 2.73 bits per heavy atom. The van der Waals surface area contributed by atoms with Crippen LogP contribution >= 0.6 is 0 Å². The number of amides is 1. The summed E-state index contributed by atoms with van der Waals surface area (Å²) in [6.07, 6.45) is 0. The van der Waals surface area contributed by atoms with Crippen molar-refractivity contribution in [3.05, 3.63) is 54.1 Å². The monoisotopic (exact) mass is 351 g/mol. The fraction of sp³-hybridized carbons (Fsp3) is 0.300. The highest BCUT2D eigenvalue weighted by atomic mass is 16.5. The second kappa shape index (κ2) is 8.37. The third-order valence-electron chi connectivity index (χ3n) is 4.62. The van der Waals surface area contributed by atoms with Crippen LogP contribution in [0.3, 0.4) is 0 Å². The Morgan fingerprint density at radius 1 is 1.23 bits per heavy atom. The molecule has 0 radical (unpaired) electrons. The molecule has 2 aromatic rings. The van der Waals surface area contributed by atoms with Gasteiger partial charge in [-0.15, -0.1) is 0 Å². The predicted molar refractivity (Wildman–Crippen MR) is 101 cm³/mol. The van der Waals surface area contributed by atoms with Crippen LogP contribution in [-0.2, 0) is 4.79 Å². The van der Waals surface area contributed by atoms with Crippen LogP contribution in [0.2, 0.25) is 0 Å². The number of anilines is 2. The Bertz CT molecular complexity index is 807. The minimum atomic E-state index is -0.0578. The number of para-hydroxylation sites is 1. The Balaban J connectivity index is 1.52. The SMILES string of the molecule is COc1cccc(N2CC[NH+](CC(=O)Nc3ccccc3C#N)CC2)c1. The molecule has 1 fully saturated rings. The molecule has 0 atom stereocenters. The van der Waals surface area contributed by atoms with Crippen LogP contribution in [0.15, 0.2) is 48.5 Å². The summed E-state index contributed by atoms with van der Waals surface area (Å²) in [7, 11) is 1.67. The van der Waals surface area contributed by atoms with E-state index in [1.807, 2.05) is 24.3 Å². The molecular formula is C20H23N4O2+. The molecule has 6 heteroatoms. The number of methoxy groups -OCH3 is 1. The lowest BCUT2D eigenvalue weighted by Gasteiger charge is -2.33. The molecule has 26 heavy (non-hydrogen) atoms. The lowest BCUT2D eigenvalue weighted by Crippen LogP contribution is -3.15. The number of hydrogen-bond acceptors (Lipinski definition) is 4. The zero-order chi connectivity index (χ0) is 18.4. The van der Waals surface area contributed by atoms with Gasteiger partial charge in [-0.05, 0) is 24.3 Å². The summed E-state index contributed by atoms with van der Waals surface area (Å²) in [5, 5.41) is 12.0. The van der Waals surface area contributed by atoms with Crippen molar-refractivity contribution in [3.8, 4) is 11.8 Å². The molecule has 2 aromatic carbocycles. The number of piperazine rings is 1. The molecule has 1 saturated heterocycles. The van der Waals surface area contributed by atoms with E-state index >= 15 is 0 Å². The van der Waals surface area contributed by atoms with Gasteiger partial charge < -0.3 is 19.9 Å². The quantitative estimate of drug-likeness (QED) is 0.840. The number of benzene rings is 2. The molecule has 3 rings (SSSR count). The molecule has 0 unspecified atom stereocenters. The molecule has 1 heterocycles. The van der Waals surface area contributed by atoms with E-state index in [2.05, 4.69) is 22.4 Å². The summed E-state index contributed by atoms with van der Waals surface area (Å²) in [6.45, 7) is 3.98. The Hall–Kier alpha value is -3.04. The fourth-order valence-electron chi connectivity index (χ4n) is 3.18. The van der Waals surface area contributed by atoms with Gasteiger partial charge in [-0.2, -0.15) is 5.26 Å². The summed E-state index contributed by atoms with van der Waals surface area (Å²) < 4.78 is 5.29. The zero-order valence-corrected chi connectivity index (χ0v) is 14.9. The molecule has 1 aliphatic heterocycles. The van der Waals surface area contributed by atoms with E-state index in [-0.39, 0.29) is 5.91 Å². The summed E-state index contributed by atoms with van der Waals surface area (Å²) in [4.78, 5) is 15.9. The van der Waals surface area contributed by atoms with Crippen LogP contribution in [0.1, 0.15) is 5.56 Å². The van der Waals surface area contributed by atoms with Gasteiger partial charge in [0.2, 0.25) is 0 Å². The third-order valence-corrected chi connectivity index (χ3v) is 4.62. The highest BCUT2D eigenvalue weighted by Crippen LogP contribution is 2.20. The molecule has 1 aliphatic rings. The first kappa shape index (κ1) is 17.8. The number of nitrogens with one attached hydrogen (secondary N) is 2. The van der Waals surface area contributed by atoms with Gasteiger partial charge in [-0.1, -0.05) is 18.2 Å². The molecule has 134 valence electrons. The van der Waals surface area contributed by atoms with Crippen LogP contribution in [0.4, 0.5) is 11.4 Å². The second-order valence-electron chi connectivity index (χ2n) is 6.32. The normalized spacial score (nSPS) is 14.5. The van der Waals surface area contributed by atoms with Gasteiger partial charge in [0.05, 0.1) is 44.5 Å². The lowest BCUT2D eigenvalue weighted by atomic mass is 10.2. The van der Waals surface area contributed by atoms with Crippen molar-refractivity contribution in [2.45, 2.75) is 0 Å². The van der Waals surface area contributed by atoms with Crippen molar-refractivity contribution >= 4 is 17.3 Å².